The highest BCUT2D eigenvalue weighted by atomic mass is 19.3. The van der Waals surface area contributed by atoms with Gasteiger partial charge in [-0.2, -0.15) is 5.26 Å². The summed E-state index contributed by atoms with van der Waals surface area (Å²) >= 11 is 0. The first kappa shape index (κ1) is 27.6. The maximum absolute atomic E-state index is 13.7. The van der Waals surface area contributed by atoms with Crippen LogP contribution in [0.25, 0.3) is 10.9 Å². The summed E-state index contributed by atoms with van der Waals surface area (Å²) in [5.74, 6) is -3.92. The second-order valence-corrected chi connectivity index (χ2v) is 9.69. The van der Waals surface area contributed by atoms with Crippen LogP contribution in [0.15, 0.2) is 30.5 Å². The minimum Gasteiger partial charge on any atom is -0.493 e. The third-order valence-corrected chi connectivity index (χ3v) is 7.12. The van der Waals surface area contributed by atoms with Gasteiger partial charge in [0, 0.05) is 24.4 Å². The first-order chi connectivity index (χ1) is 18.3. The van der Waals surface area contributed by atoms with Crippen molar-refractivity contribution in [2.45, 2.75) is 24.8 Å². The number of quaternary nitrogens is 1. The lowest BCUT2D eigenvalue weighted by atomic mass is 10.1. The third-order valence-electron chi connectivity index (χ3n) is 7.12. The largest absolute Gasteiger partial charge is 0.493 e. The number of hydrogen-bond acceptors (Lipinski definition) is 6. The molecular weight excluding hydrogens is 503 g/mol. The number of halogens is 3. The summed E-state index contributed by atoms with van der Waals surface area (Å²) < 4.78 is 52.4. The van der Waals surface area contributed by atoms with Gasteiger partial charge in [-0.3, -0.25) is 14.6 Å². The zero-order valence-electron chi connectivity index (χ0n) is 21.0. The van der Waals surface area contributed by atoms with Gasteiger partial charge in [0.05, 0.1) is 56.6 Å². The molecule has 4 rings (SSSR count). The number of fused-ring (bicyclic) bond motifs is 1. The van der Waals surface area contributed by atoms with E-state index in [4.69, 9.17) is 14.7 Å². The summed E-state index contributed by atoms with van der Waals surface area (Å²) in [6.07, 6.45) is 1.47. The van der Waals surface area contributed by atoms with Crippen molar-refractivity contribution in [3.05, 3.63) is 36.0 Å². The molecule has 2 amide bonds. The van der Waals surface area contributed by atoms with Crippen LogP contribution in [0.4, 0.5) is 13.2 Å². The average Bonchev–Trinajstić information content (AvgIpc) is 3.24. The number of pyridine rings is 1. The van der Waals surface area contributed by atoms with Crippen molar-refractivity contribution in [3.63, 3.8) is 0 Å². The SMILES string of the molecule is N#C[C@@H]1CC(F)(F)CN1C(=O)CNC(=O)c1ccnc2ccc(OCCC[N+]3(CCF)CCOCC3)cc12. The lowest BCUT2D eigenvalue weighted by Crippen LogP contribution is -2.56. The highest BCUT2D eigenvalue weighted by Crippen LogP contribution is 2.31. The molecule has 2 fully saturated rings. The van der Waals surface area contributed by atoms with Crippen molar-refractivity contribution in [3.8, 4) is 11.8 Å². The number of nitrogens with one attached hydrogen (secondary N) is 1. The molecular formula is C26H31F3N5O4+. The molecule has 2 aliphatic heterocycles. The van der Waals surface area contributed by atoms with E-state index in [2.05, 4.69) is 10.3 Å². The van der Waals surface area contributed by atoms with Gasteiger partial charge in [0.2, 0.25) is 5.91 Å². The van der Waals surface area contributed by atoms with Crippen molar-refractivity contribution in [1.82, 2.24) is 15.2 Å². The number of ether oxygens (including phenoxy) is 2. The van der Waals surface area contributed by atoms with Gasteiger partial charge in [0.25, 0.3) is 11.8 Å². The second-order valence-electron chi connectivity index (χ2n) is 9.69. The second kappa shape index (κ2) is 12.0. The summed E-state index contributed by atoms with van der Waals surface area (Å²) in [7, 11) is 0. The van der Waals surface area contributed by atoms with E-state index in [1.807, 2.05) is 0 Å². The van der Waals surface area contributed by atoms with Gasteiger partial charge >= 0.3 is 0 Å². The lowest BCUT2D eigenvalue weighted by molar-refractivity contribution is -0.935. The fourth-order valence-electron chi connectivity index (χ4n) is 5.02. The van der Waals surface area contributed by atoms with E-state index < -0.39 is 43.3 Å². The summed E-state index contributed by atoms with van der Waals surface area (Å²) in [4.78, 5) is 30.4. The Morgan fingerprint density at radius 3 is 2.79 bits per heavy atom. The summed E-state index contributed by atoms with van der Waals surface area (Å²) in [6.45, 7) is 2.72. The summed E-state index contributed by atoms with van der Waals surface area (Å²) in [5.41, 5.74) is 0.790. The topological polar surface area (TPSA) is 105 Å². The molecule has 0 spiro atoms. The molecule has 2 saturated heterocycles. The van der Waals surface area contributed by atoms with Crippen molar-refractivity contribution >= 4 is 22.7 Å². The third kappa shape index (κ3) is 6.52. The normalized spacial score (nSPS) is 20.2. The minimum absolute atomic E-state index is 0.248. The molecule has 38 heavy (non-hydrogen) atoms. The van der Waals surface area contributed by atoms with Gasteiger partial charge < -0.3 is 24.2 Å². The number of carbonyl (C=O) groups excluding carboxylic acids is 2. The van der Waals surface area contributed by atoms with Crippen LogP contribution in [0.1, 0.15) is 23.2 Å². The maximum atomic E-state index is 13.7. The van der Waals surface area contributed by atoms with Gasteiger partial charge in [-0.1, -0.05) is 0 Å². The Bertz CT molecular complexity index is 1190. The van der Waals surface area contributed by atoms with E-state index in [0.29, 0.717) is 47.5 Å². The van der Waals surface area contributed by atoms with Crippen molar-refractivity contribution < 1.29 is 36.7 Å². The quantitative estimate of drug-likeness (QED) is 0.371. The van der Waals surface area contributed by atoms with Crippen LogP contribution in [0, 0.1) is 11.3 Å². The Hall–Kier alpha value is -3.43. The van der Waals surface area contributed by atoms with Crippen LogP contribution < -0.4 is 10.1 Å². The minimum atomic E-state index is -3.13. The molecule has 1 atom stereocenters. The van der Waals surface area contributed by atoms with E-state index in [-0.39, 0.29) is 12.2 Å². The molecule has 0 bridgehead atoms. The Morgan fingerprint density at radius 1 is 1.26 bits per heavy atom. The fraction of sp³-hybridized carbons (Fsp3) is 0.538. The van der Waals surface area contributed by atoms with Crippen molar-refractivity contribution in [2.24, 2.45) is 0 Å². The maximum Gasteiger partial charge on any atom is 0.268 e. The standard InChI is InChI=1S/C26H30F3N5O4/c27-5-8-34(9-12-37-13-10-34)7-1-11-38-20-2-3-23-22(14-20)21(4-6-31-23)25(36)32-17-24(35)33-18-26(28,29)15-19(33)16-30/h2-4,6,14,19H,1,5,7-13,15,17-18H2/p+1/t19-/m0/s1. The number of nitriles is 1. The number of hydrogen-bond donors (Lipinski definition) is 1. The van der Waals surface area contributed by atoms with Crippen molar-refractivity contribution in [1.29, 1.82) is 5.26 Å². The van der Waals surface area contributed by atoms with E-state index in [1.54, 1.807) is 24.3 Å². The van der Waals surface area contributed by atoms with E-state index in [1.165, 1.54) is 12.3 Å². The van der Waals surface area contributed by atoms with Gasteiger partial charge in [0.1, 0.15) is 38.1 Å². The highest BCUT2D eigenvalue weighted by Gasteiger charge is 2.47. The molecule has 0 unspecified atom stereocenters. The number of rotatable bonds is 10. The smallest absolute Gasteiger partial charge is 0.268 e. The van der Waals surface area contributed by atoms with Crippen LogP contribution in [-0.4, -0.2) is 104 Å². The molecule has 9 nitrogen and oxygen atoms in total. The molecule has 1 N–H and O–H groups in total. The number of benzene rings is 1. The number of likely N-dealkylation sites (tertiary alicyclic amines) is 1. The molecule has 0 radical (unpaired) electrons. The molecule has 2 aliphatic rings. The summed E-state index contributed by atoms with van der Waals surface area (Å²) in [6, 6.07) is 7.14. The Labute approximate surface area is 218 Å². The molecule has 204 valence electrons. The van der Waals surface area contributed by atoms with Gasteiger partial charge in [-0.05, 0) is 24.3 Å². The van der Waals surface area contributed by atoms with E-state index >= 15 is 0 Å². The van der Waals surface area contributed by atoms with Crippen LogP contribution in [0.2, 0.25) is 0 Å². The number of nitrogens with zero attached hydrogens (tertiary/aromatic N) is 4. The van der Waals surface area contributed by atoms with Crippen LogP contribution in [0.5, 0.6) is 5.75 Å². The van der Waals surface area contributed by atoms with E-state index in [9.17, 15) is 22.8 Å². The average molecular weight is 535 g/mol. The summed E-state index contributed by atoms with van der Waals surface area (Å²) in [5, 5.41) is 12.1. The number of morpholine rings is 1. The molecule has 3 heterocycles. The van der Waals surface area contributed by atoms with Crippen molar-refractivity contribution in [2.75, 3.05) is 65.8 Å². The molecule has 0 aliphatic carbocycles. The molecule has 0 saturated carbocycles. The number of amides is 2. The molecule has 1 aromatic carbocycles. The number of aromatic nitrogens is 1. The first-order valence-electron chi connectivity index (χ1n) is 12.6. The van der Waals surface area contributed by atoms with E-state index in [0.717, 1.165) is 31.0 Å². The molecule has 2 aromatic rings. The predicted molar refractivity (Wildman–Crippen MR) is 131 cm³/mol. The fourth-order valence-corrected chi connectivity index (χ4v) is 5.02. The number of alkyl halides is 3. The van der Waals surface area contributed by atoms with Gasteiger partial charge in [-0.25, -0.2) is 13.2 Å². The molecule has 12 heteroatoms. The van der Waals surface area contributed by atoms with Crippen LogP contribution in [0.3, 0.4) is 0 Å². The highest BCUT2D eigenvalue weighted by molar-refractivity contribution is 6.07. The van der Waals surface area contributed by atoms with Gasteiger partial charge in [-0.15, -0.1) is 0 Å². The number of carbonyl (C=O) groups is 2. The zero-order chi connectivity index (χ0) is 27.2. The Balaban J connectivity index is 1.36. The predicted octanol–water partition coefficient (Wildman–Crippen LogP) is 2.31. The zero-order valence-corrected chi connectivity index (χ0v) is 21.0. The first-order valence-corrected chi connectivity index (χ1v) is 12.6. The Morgan fingerprint density at radius 2 is 2.05 bits per heavy atom. The van der Waals surface area contributed by atoms with Crippen LogP contribution in [-0.2, 0) is 9.53 Å². The lowest BCUT2D eigenvalue weighted by Gasteiger charge is -2.40. The monoisotopic (exact) mass is 534 g/mol. The van der Waals surface area contributed by atoms with Crippen LogP contribution >= 0.6 is 0 Å². The Kier molecular flexibility index (Phi) is 8.69. The van der Waals surface area contributed by atoms with Gasteiger partial charge in [0.15, 0.2) is 0 Å². The molecule has 1 aromatic heterocycles.